The van der Waals surface area contributed by atoms with E-state index in [2.05, 4.69) is 34.6 Å². The second kappa shape index (κ2) is 11.0. The highest BCUT2D eigenvalue weighted by molar-refractivity contribution is 5.94. The Balaban J connectivity index is 1.22. The number of carboxylic acids is 1. The van der Waals surface area contributed by atoms with Gasteiger partial charge in [-0.3, -0.25) is 4.79 Å². The van der Waals surface area contributed by atoms with E-state index in [0.717, 1.165) is 62.1 Å². The molecule has 2 aromatic carbocycles. The quantitative estimate of drug-likeness (QED) is 0.476. The molecule has 1 saturated carbocycles. The van der Waals surface area contributed by atoms with Crippen molar-refractivity contribution in [3.8, 4) is 11.6 Å². The molecule has 0 bridgehead atoms. The van der Waals surface area contributed by atoms with E-state index in [1.54, 1.807) is 7.11 Å². The van der Waals surface area contributed by atoms with Gasteiger partial charge in [0.1, 0.15) is 11.9 Å². The Morgan fingerprint density at radius 1 is 1.03 bits per heavy atom. The summed E-state index contributed by atoms with van der Waals surface area (Å²) in [5.41, 5.74) is 3.01. The Bertz CT molecular complexity index is 1230. The number of nitrogens with zero attached hydrogens (tertiary/aromatic N) is 4. The Morgan fingerprint density at radius 3 is 2.41 bits per heavy atom. The lowest BCUT2D eigenvalue weighted by Crippen LogP contribution is -2.35. The zero-order valence-corrected chi connectivity index (χ0v) is 21.0. The lowest BCUT2D eigenvalue weighted by atomic mass is 9.82. The number of ether oxygens (including phenoxy) is 2. The second-order valence-corrected chi connectivity index (χ2v) is 9.74. The molecule has 0 unspecified atom stereocenters. The number of rotatable bonds is 8. The molecule has 2 fully saturated rings. The summed E-state index contributed by atoms with van der Waals surface area (Å²) >= 11 is 0. The van der Waals surface area contributed by atoms with Crippen LogP contribution in [0.5, 0.6) is 11.6 Å². The lowest BCUT2D eigenvalue weighted by molar-refractivity contribution is -0.119. The van der Waals surface area contributed by atoms with Crippen molar-refractivity contribution in [3.63, 3.8) is 0 Å². The molecule has 5 rings (SSSR count). The normalized spacial score (nSPS) is 20.0. The molecule has 3 aromatic rings. The number of hydrogen-bond donors (Lipinski definition) is 1. The first-order chi connectivity index (χ1) is 18.0. The van der Waals surface area contributed by atoms with Gasteiger partial charge in [-0.05, 0) is 79.8 Å². The summed E-state index contributed by atoms with van der Waals surface area (Å²) in [7, 11) is 1.61. The first kappa shape index (κ1) is 24.8. The van der Waals surface area contributed by atoms with Crippen molar-refractivity contribution in [1.82, 2.24) is 15.0 Å². The zero-order chi connectivity index (χ0) is 25.8. The third-order valence-electron chi connectivity index (χ3n) is 7.34. The molecule has 194 valence electrons. The number of carbonyl (C=O) groups is 2. The lowest BCUT2D eigenvalue weighted by Gasteiger charge is -2.30. The van der Waals surface area contributed by atoms with Crippen molar-refractivity contribution in [2.45, 2.75) is 63.5 Å². The third-order valence-corrected chi connectivity index (χ3v) is 7.34. The van der Waals surface area contributed by atoms with Gasteiger partial charge in [0.25, 0.3) is 0 Å². The van der Waals surface area contributed by atoms with Gasteiger partial charge in [0, 0.05) is 18.7 Å². The number of aromatic nitrogens is 3. The zero-order valence-electron chi connectivity index (χ0n) is 21.0. The number of piperidine rings is 1. The number of carbonyl (C=O) groups excluding carboxylic acids is 1. The third kappa shape index (κ3) is 5.60. The maximum absolute atomic E-state index is 12.2. The summed E-state index contributed by atoms with van der Waals surface area (Å²) in [6.45, 7) is 1.14. The van der Waals surface area contributed by atoms with Gasteiger partial charge in [0.15, 0.2) is 0 Å². The number of hydrogen-bond acceptors (Lipinski definition) is 6. The van der Waals surface area contributed by atoms with Gasteiger partial charge >= 0.3 is 5.97 Å². The Kier molecular flexibility index (Phi) is 7.39. The SMILES string of the molecule is COc1ccc(Cn2nnc(C(=O)O)c2OC2CCC(c3ccc(N4CCCCC4=O)cc3)CC2)cc1. The van der Waals surface area contributed by atoms with E-state index in [4.69, 9.17) is 9.47 Å². The molecule has 1 amide bonds. The highest BCUT2D eigenvalue weighted by atomic mass is 16.5. The van der Waals surface area contributed by atoms with Crippen LogP contribution in [-0.4, -0.2) is 51.7 Å². The van der Waals surface area contributed by atoms with Crippen molar-refractivity contribution >= 4 is 17.6 Å². The second-order valence-electron chi connectivity index (χ2n) is 9.74. The molecule has 0 radical (unpaired) electrons. The summed E-state index contributed by atoms with van der Waals surface area (Å²) in [6, 6.07) is 15.9. The van der Waals surface area contributed by atoms with Crippen LogP contribution in [0.1, 0.15) is 72.5 Å². The van der Waals surface area contributed by atoms with Gasteiger partial charge in [-0.25, -0.2) is 9.48 Å². The minimum absolute atomic E-state index is 0.104. The van der Waals surface area contributed by atoms with Crippen LogP contribution in [0.2, 0.25) is 0 Å². The van der Waals surface area contributed by atoms with E-state index in [9.17, 15) is 14.7 Å². The molecule has 2 heterocycles. The van der Waals surface area contributed by atoms with E-state index >= 15 is 0 Å². The summed E-state index contributed by atoms with van der Waals surface area (Å²) in [5, 5.41) is 17.5. The van der Waals surface area contributed by atoms with Crippen LogP contribution in [0.15, 0.2) is 48.5 Å². The number of anilines is 1. The maximum Gasteiger partial charge on any atom is 0.362 e. The average molecular weight is 505 g/mol. The summed E-state index contributed by atoms with van der Waals surface area (Å²) in [6.07, 6.45) is 6.05. The van der Waals surface area contributed by atoms with Gasteiger partial charge in [-0.2, -0.15) is 0 Å². The molecule has 1 saturated heterocycles. The Labute approximate surface area is 216 Å². The molecular formula is C28H32N4O5. The van der Waals surface area contributed by atoms with Gasteiger partial charge in [0.2, 0.25) is 17.5 Å². The van der Waals surface area contributed by atoms with Crippen LogP contribution >= 0.6 is 0 Å². The largest absolute Gasteiger partial charge is 0.497 e. The van der Waals surface area contributed by atoms with Crippen molar-refractivity contribution in [2.75, 3.05) is 18.6 Å². The van der Waals surface area contributed by atoms with Crippen molar-refractivity contribution in [1.29, 1.82) is 0 Å². The van der Waals surface area contributed by atoms with E-state index in [1.807, 2.05) is 29.2 Å². The van der Waals surface area contributed by atoms with Crippen LogP contribution in [0, 0.1) is 0 Å². The molecule has 9 nitrogen and oxygen atoms in total. The van der Waals surface area contributed by atoms with Crippen LogP contribution in [0.3, 0.4) is 0 Å². The number of benzene rings is 2. The van der Waals surface area contributed by atoms with Crippen LogP contribution in [0.4, 0.5) is 5.69 Å². The summed E-state index contributed by atoms with van der Waals surface area (Å²) in [5.74, 6) is 0.404. The predicted molar refractivity (Wildman–Crippen MR) is 137 cm³/mol. The molecular weight excluding hydrogens is 472 g/mol. The van der Waals surface area contributed by atoms with Crippen LogP contribution < -0.4 is 14.4 Å². The molecule has 0 atom stereocenters. The van der Waals surface area contributed by atoms with Gasteiger partial charge < -0.3 is 19.5 Å². The number of carboxylic acid groups (broad SMARTS) is 1. The molecule has 2 aliphatic rings. The minimum atomic E-state index is -1.16. The van der Waals surface area contributed by atoms with Crippen molar-refractivity contribution in [2.24, 2.45) is 0 Å². The van der Waals surface area contributed by atoms with Gasteiger partial charge in [0.05, 0.1) is 13.7 Å². The standard InChI is InChI=1S/C28H32N4O5/c1-36-23-13-5-19(6-14-23)18-32-27(26(28(34)35)29-30-32)37-24-15-9-21(10-16-24)20-7-11-22(12-8-20)31-17-3-2-4-25(31)33/h5-8,11-14,21,24H,2-4,9-10,15-18H2,1H3,(H,34,35). The Hall–Kier alpha value is -3.88. The summed E-state index contributed by atoms with van der Waals surface area (Å²) in [4.78, 5) is 25.9. The number of aromatic carboxylic acids is 1. The fourth-order valence-corrected chi connectivity index (χ4v) is 5.24. The van der Waals surface area contributed by atoms with E-state index < -0.39 is 5.97 Å². The summed E-state index contributed by atoms with van der Waals surface area (Å²) < 4.78 is 12.9. The molecule has 9 heteroatoms. The van der Waals surface area contributed by atoms with E-state index in [-0.39, 0.29) is 23.6 Å². The fourth-order valence-electron chi connectivity index (χ4n) is 5.24. The maximum atomic E-state index is 12.2. The Morgan fingerprint density at radius 2 is 1.76 bits per heavy atom. The highest BCUT2D eigenvalue weighted by Crippen LogP contribution is 2.36. The molecule has 0 spiro atoms. The van der Waals surface area contributed by atoms with E-state index in [1.165, 1.54) is 10.2 Å². The van der Waals surface area contributed by atoms with Crippen molar-refractivity contribution < 1.29 is 24.2 Å². The minimum Gasteiger partial charge on any atom is -0.497 e. The van der Waals surface area contributed by atoms with Gasteiger partial charge in [-0.15, -0.1) is 5.10 Å². The molecule has 1 N–H and O–H groups in total. The average Bonchev–Trinajstić information content (AvgIpc) is 3.32. The molecule has 1 aliphatic heterocycles. The first-order valence-corrected chi connectivity index (χ1v) is 12.9. The monoisotopic (exact) mass is 504 g/mol. The molecule has 1 aliphatic carbocycles. The fraction of sp³-hybridized carbons (Fsp3) is 0.429. The first-order valence-electron chi connectivity index (χ1n) is 12.9. The van der Waals surface area contributed by atoms with Crippen LogP contribution in [0.25, 0.3) is 0 Å². The predicted octanol–water partition coefficient (Wildman–Crippen LogP) is 4.66. The topological polar surface area (TPSA) is 107 Å². The van der Waals surface area contributed by atoms with Crippen LogP contribution in [-0.2, 0) is 11.3 Å². The molecule has 1 aromatic heterocycles. The number of amides is 1. The van der Waals surface area contributed by atoms with E-state index in [0.29, 0.717) is 18.9 Å². The highest BCUT2D eigenvalue weighted by Gasteiger charge is 2.28. The number of methoxy groups -OCH3 is 1. The smallest absolute Gasteiger partial charge is 0.362 e. The molecule has 37 heavy (non-hydrogen) atoms. The van der Waals surface area contributed by atoms with Gasteiger partial charge in [-0.1, -0.05) is 29.5 Å². The van der Waals surface area contributed by atoms with Crippen molar-refractivity contribution in [3.05, 3.63) is 65.4 Å².